The Kier molecular flexibility index (Phi) is 5.94. The molecular weight excluding hydrogens is 330 g/mol. The third kappa shape index (κ3) is 5.68. The molecule has 7 heteroatoms. The molecule has 6 nitrogen and oxygen atoms in total. The van der Waals surface area contributed by atoms with Crippen molar-refractivity contribution in [1.29, 1.82) is 0 Å². The SMILES string of the molecule is COc1cccc(CC(=O)N(Cc2ccccc2)OS(C)(=O)=O)c1. The summed E-state index contributed by atoms with van der Waals surface area (Å²) < 4.78 is 32.9. The fraction of sp³-hybridized carbons (Fsp3) is 0.235. The van der Waals surface area contributed by atoms with Crippen molar-refractivity contribution in [2.45, 2.75) is 13.0 Å². The van der Waals surface area contributed by atoms with Gasteiger partial charge in [0.05, 0.1) is 26.3 Å². The molecule has 0 bridgehead atoms. The number of hydrogen-bond acceptors (Lipinski definition) is 5. The fourth-order valence-corrected chi connectivity index (χ4v) is 2.58. The summed E-state index contributed by atoms with van der Waals surface area (Å²) in [5, 5.41) is 0.865. The van der Waals surface area contributed by atoms with Gasteiger partial charge in [-0.2, -0.15) is 13.5 Å². The van der Waals surface area contributed by atoms with E-state index in [0.717, 1.165) is 16.9 Å². The number of amides is 1. The van der Waals surface area contributed by atoms with Crippen LogP contribution >= 0.6 is 0 Å². The van der Waals surface area contributed by atoms with Crippen LogP contribution in [-0.2, 0) is 32.2 Å². The second kappa shape index (κ2) is 7.94. The van der Waals surface area contributed by atoms with Crippen molar-refractivity contribution in [2.24, 2.45) is 0 Å². The lowest BCUT2D eigenvalue weighted by Crippen LogP contribution is -2.34. The fourth-order valence-electron chi connectivity index (χ4n) is 2.11. The molecule has 0 spiro atoms. The number of rotatable bonds is 7. The van der Waals surface area contributed by atoms with Crippen molar-refractivity contribution >= 4 is 16.0 Å². The maximum atomic E-state index is 12.5. The van der Waals surface area contributed by atoms with Gasteiger partial charge in [-0.3, -0.25) is 4.79 Å². The van der Waals surface area contributed by atoms with Crippen LogP contribution in [0.3, 0.4) is 0 Å². The van der Waals surface area contributed by atoms with Gasteiger partial charge in [-0.15, -0.1) is 4.28 Å². The Bertz CT molecular complexity index is 790. The maximum absolute atomic E-state index is 12.5. The molecule has 0 radical (unpaired) electrons. The van der Waals surface area contributed by atoms with Crippen molar-refractivity contribution in [1.82, 2.24) is 5.06 Å². The molecule has 2 rings (SSSR count). The van der Waals surface area contributed by atoms with Crippen molar-refractivity contribution in [3.05, 3.63) is 65.7 Å². The molecule has 0 aliphatic rings. The van der Waals surface area contributed by atoms with Crippen LogP contribution in [0.1, 0.15) is 11.1 Å². The first-order valence-electron chi connectivity index (χ1n) is 7.24. The predicted octanol–water partition coefficient (Wildman–Crippen LogP) is 2.16. The third-order valence-corrected chi connectivity index (χ3v) is 3.61. The molecule has 0 saturated carbocycles. The Morgan fingerprint density at radius 2 is 1.71 bits per heavy atom. The highest BCUT2D eigenvalue weighted by Crippen LogP contribution is 2.15. The van der Waals surface area contributed by atoms with Gasteiger partial charge in [-0.1, -0.05) is 42.5 Å². The highest BCUT2D eigenvalue weighted by atomic mass is 32.2. The van der Waals surface area contributed by atoms with E-state index in [1.807, 2.05) is 6.07 Å². The predicted molar refractivity (Wildman–Crippen MR) is 89.6 cm³/mol. The summed E-state index contributed by atoms with van der Waals surface area (Å²) in [6, 6.07) is 16.0. The summed E-state index contributed by atoms with van der Waals surface area (Å²) in [5.41, 5.74) is 1.47. The molecule has 24 heavy (non-hydrogen) atoms. The van der Waals surface area contributed by atoms with Gasteiger partial charge in [-0.05, 0) is 23.3 Å². The second-order valence-electron chi connectivity index (χ2n) is 5.22. The number of carbonyl (C=O) groups is 1. The lowest BCUT2D eigenvalue weighted by molar-refractivity contribution is -0.157. The van der Waals surface area contributed by atoms with Gasteiger partial charge in [0.15, 0.2) is 0 Å². The van der Waals surface area contributed by atoms with Gasteiger partial charge < -0.3 is 4.74 Å². The van der Waals surface area contributed by atoms with E-state index in [4.69, 9.17) is 9.02 Å². The van der Waals surface area contributed by atoms with Crippen LogP contribution < -0.4 is 4.74 Å². The summed E-state index contributed by atoms with van der Waals surface area (Å²) in [4.78, 5) is 12.5. The van der Waals surface area contributed by atoms with Crippen LogP contribution in [0.2, 0.25) is 0 Å². The van der Waals surface area contributed by atoms with Crippen LogP contribution in [-0.4, -0.2) is 32.8 Å². The van der Waals surface area contributed by atoms with Gasteiger partial charge in [0.2, 0.25) is 0 Å². The summed E-state index contributed by atoms with van der Waals surface area (Å²) in [6.45, 7) is 0.0384. The Labute approximate surface area is 141 Å². The zero-order chi connectivity index (χ0) is 17.6. The number of methoxy groups -OCH3 is 1. The number of nitrogens with zero attached hydrogens (tertiary/aromatic N) is 1. The van der Waals surface area contributed by atoms with Gasteiger partial charge in [0.25, 0.3) is 16.0 Å². The Morgan fingerprint density at radius 1 is 1.04 bits per heavy atom. The van der Waals surface area contributed by atoms with Crippen molar-refractivity contribution in [3.8, 4) is 5.75 Å². The largest absolute Gasteiger partial charge is 0.497 e. The summed E-state index contributed by atoms with van der Waals surface area (Å²) in [7, 11) is -2.28. The smallest absolute Gasteiger partial charge is 0.285 e. The van der Waals surface area contributed by atoms with E-state index >= 15 is 0 Å². The topological polar surface area (TPSA) is 72.9 Å². The Hall–Kier alpha value is -2.38. The summed E-state index contributed by atoms with van der Waals surface area (Å²) >= 11 is 0. The monoisotopic (exact) mass is 349 g/mol. The summed E-state index contributed by atoms with van der Waals surface area (Å²) in [5.74, 6) is 0.163. The first kappa shape index (κ1) is 18.0. The maximum Gasteiger partial charge on any atom is 0.285 e. The highest BCUT2D eigenvalue weighted by molar-refractivity contribution is 7.85. The first-order chi connectivity index (χ1) is 11.4. The minimum Gasteiger partial charge on any atom is -0.497 e. The average Bonchev–Trinajstić information content (AvgIpc) is 2.54. The molecule has 0 aliphatic heterocycles. The van der Waals surface area contributed by atoms with Gasteiger partial charge in [-0.25, -0.2) is 0 Å². The lowest BCUT2D eigenvalue weighted by atomic mass is 10.1. The Balaban J connectivity index is 2.17. The van der Waals surface area contributed by atoms with Gasteiger partial charge in [0, 0.05) is 0 Å². The van der Waals surface area contributed by atoms with Crippen LogP contribution in [0, 0.1) is 0 Å². The van der Waals surface area contributed by atoms with Gasteiger partial charge >= 0.3 is 0 Å². The molecule has 2 aromatic carbocycles. The number of hydroxylamine groups is 2. The molecule has 0 N–H and O–H groups in total. The molecular formula is C17H19NO5S. The van der Waals surface area contributed by atoms with Crippen LogP contribution in [0.15, 0.2) is 54.6 Å². The molecule has 0 fully saturated rings. The molecule has 0 heterocycles. The van der Waals surface area contributed by atoms with E-state index in [9.17, 15) is 13.2 Å². The van der Waals surface area contributed by atoms with E-state index in [2.05, 4.69) is 0 Å². The second-order valence-corrected chi connectivity index (χ2v) is 6.78. The molecule has 128 valence electrons. The number of benzene rings is 2. The van der Waals surface area contributed by atoms with Crippen molar-refractivity contribution in [3.63, 3.8) is 0 Å². The molecule has 2 aromatic rings. The highest BCUT2D eigenvalue weighted by Gasteiger charge is 2.20. The standard InChI is InChI=1S/C17H19NO5S/c1-22-16-10-6-9-15(11-16)12-17(19)18(23-24(2,20)21)13-14-7-4-3-5-8-14/h3-11H,12-13H2,1-2H3. The first-order valence-corrected chi connectivity index (χ1v) is 9.06. The molecule has 0 saturated heterocycles. The molecule has 0 unspecified atom stereocenters. The van der Waals surface area contributed by atoms with Crippen molar-refractivity contribution < 1.29 is 22.2 Å². The third-order valence-electron chi connectivity index (χ3n) is 3.16. The van der Waals surface area contributed by atoms with E-state index in [1.54, 1.807) is 48.5 Å². The molecule has 0 aliphatic carbocycles. The zero-order valence-corrected chi connectivity index (χ0v) is 14.3. The molecule has 1 amide bonds. The van der Waals surface area contributed by atoms with Gasteiger partial charge in [0.1, 0.15) is 5.75 Å². The van der Waals surface area contributed by atoms with E-state index in [0.29, 0.717) is 11.3 Å². The minimum atomic E-state index is -3.81. The number of carbonyl (C=O) groups excluding carboxylic acids is 1. The quantitative estimate of drug-likeness (QED) is 0.716. The van der Waals surface area contributed by atoms with E-state index < -0.39 is 16.0 Å². The zero-order valence-electron chi connectivity index (χ0n) is 13.5. The average molecular weight is 349 g/mol. The normalized spacial score (nSPS) is 11.1. The summed E-state index contributed by atoms with van der Waals surface area (Å²) in [6.07, 6.45) is 0.906. The van der Waals surface area contributed by atoms with E-state index in [-0.39, 0.29) is 13.0 Å². The molecule has 0 atom stereocenters. The lowest BCUT2D eigenvalue weighted by Gasteiger charge is -2.20. The number of ether oxygens (including phenoxy) is 1. The van der Waals surface area contributed by atoms with Crippen LogP contribution in [0.25, 0.3) is 0 Å². The van der Waals surface area contributed by atoms with Crippen LogP contribution in [0.4, 0.5) is 0 Å². The number of hydrogen-bond donors (Lipinski definition) is 0. The van der Waals surface area contributed by atoms with E-state index in [1.165, 1.54) is 7.11 Å². The van der Waals surface area contributed by atoms with Crippen molar-refractivity contribution in [2.75, 3.05) is 13.4 Å². The molecule has 0 aromatic heterocycles. The minimum absolute atomic E-state index is 0.000443. The Morgan fingerprint density at radius 3 is 2.33 bits per heavy atom. The van der Waals surface area contributed by atoms with Crippen LogP contribution in [0.5, 0.6) is 5.75 Å².